The van der Waals surface area contributed by atoms with E-state index in [1.54, 1.807) is 6.08 Å². The van der Waals surface area contributed by atoms with Crippen LogP contribution >= 0.6 is 0 Å². The number of aryl methyl sites for hydroxylation is 1. The van der Waals surface area contributed by atoms with E-state index >= 15 is 0 Å². The standard InChI is InChI=1S/C21H29NO2/c1-5-7-14-23-20(6-2)13-10-17(3)22(4)19-12-11-18-9-8-15-24-21(18)16-19/h6,10-13,16H,2,5,7-9,14-15H2,1,3-4H3/b17-10+,20-13+. The third-order valence-corrected chi connectivity index (χ3v) is 4.27. The van der Waals surface area contributed by atoms with Gasteiger partial charge in [0.1, 0.15) is 11.5 Å². The van der Waals surface area contributed by atoms with Gasteiger partial charge in [-0.25, -0.2) is 0 Å². The molecule has 0 saturated heterocycles. The van der Waals surface area contributed by atoms with Crippen molar-refractivity contribution < 1.29 is 9.47 Å². The number of nitrogens with zero attached hydrogens (tertiary/aromatic N) is 1. The largest absolute Gasteiger partial charge is 0.494 e. The Morgan fingerprint density at radius 3 is 2.96 bits per heavy atom. The number of hydrogen-bond donors (Lipinski definition) is 0. The van der Waals surface area contributed by atoms with Crippen molar-refractivity contribution in [1.29, 1.82) is 0 Å². The van der Waals surface area contributed by atoms with Crippen LogP contribution in [0.2, 0.25) is 0 Å². The molecule has 24 heavy (non-hydrogen) atoms. The van der Waals surface area contributed by atoms with Gasteiger partial charge in [0.25, 0.3) is 0 Å². The molecule has 3 heteroatoms. The number of hydrogen-bond acceptors (Lipinski definition) is 3. The fourth-order valence-electron chi connectivity index (χ4n) is 2.57. The van der Waals surface area contributed by atoms with Crippen LogP contribution in [0, 0.1) is 0 Å². The molecule has 0 spiro atoms. The summed E-state index contributed by atoms with van der Waals surface area (Å²) < 4.78 is 11.5. The molecule has 0 bridgehead atoms. The van der Waals surface area contributed by atoms with E-state index in [0.29, 0.717) is 0 Å². The van der Waals surface area contributed by atoms with Crippen LogP contribution in [0.15, 0.2) is 54.5 Å². The highest BCUT2D eigenvalue weighted by Gasteiger charge is 2.12. The Bertz CT molecular complexity index is 616. The molecule has 0 radical (unpaired) electrons. The van der Waals surface area contributed by atoms with Gasteiger partial charge in [-0.3, -0.25) is 0 Å². The lowest BCUT2D eigenvalue weighted by atomic mass is 10.1. The van der Waals surface area contributed by atoms with Crippen LogP contribution in [0.3, 0.4) is 0 Å². The molecule has 130 valence electrons. The zero-order valence-corrected chi connectivity index (χ0v) is 15.2. The molecule has 0 aromatic heterocycles. The van der Waals surface area contributed by atoms with E-state index in [4.69, 9.17) is 9.47 Å². The molecule has 0 atom stereocenters. The second kappa shape index (κ2) is 9.21. The number of anilines is 1. The van der Waals surface area contributed by atoms with Crippen LogP contribution in [0.1, 0.15) is 38.7 Å². The summed E-state index contributed by atoms with van der Waals surface area (Å²) in [6.45, 7) is 9.61. The lowest BCUT2D eigenvalue weighted by Crippen LogP contribution is -2.15. The van der Waals surface area contributed by atoms with Gasteiger partial charge in [-0.1, -0.05) is 26.0 Å². The number of unbranched alkanes of at least 4 members (excludes halogenated alkanes) is 1. The molecule has 0 aliphatic carbocycles. The fourth-order valence-corrected chi connectivity index (χ4v) is 2.57. The minimum Gasteiger partial charge on any atom is -0.494 e. The van der Waals surface area contributed by atoms with E-state index in [1.165, 1.54) is 5.56 Å². The van der Waals surface area contributed by atoms with Crippen molar-refractivity contribution in [2.45, 2.75) is 39.5 Å². The molecule has 0 saturated carbocycles. The molecular weight excluding hydrogens is 298 g/mol. The Labute approximate surface area is 146 Å². The fraction of sp³-hybridized carbons (Fsp3) is 0.429. The summed E-state index contributed by atoms with van der Waals surface area (Å²) in [4.78, 5) is 2.15. The van der Waals surface area contributed by atoms with Gasteiger partial charge in [0.2, 0.25) is 0 Å². The van der Waals surface area contributed by atoms with Crippen molar-refractivity contribution in [1.82, 2.24) is 0 Å². The predicted molar refractivity (Wildman–Crippen MR) is 102 cm³/mol. The number of fused-ring (bicyclic) bond motifs is 1. The van der Waals surface area contributed by atoms with E-state index in [2.05, 4.69) is 56.6 Å². The minimum absolute atomic E-state index is 0.735. The van der Waals surface area contributed by atoms with Gasteiger partial charge in [-0.2, -0.15) is 0 Å². The van der Waals surface area contributed by atoms with Crippen molar-refractivity contribution in [2.75, 3.05) is 25.2 Å². The summed E-state index contributed by atoms with van der Waals surface area (Å²) in [5.74, 6) is 1.83. The smallest absolute Gasteiger partial charge is 0.124 e. The molecule has 0 N–H and O–H groups in total. The molecule has 0 amide bonds. The van der Waals surface area contributed by atoms with Gasteiger partial charge in [-0.05, 0) is 56.0 Å². The highest BCUT2D eigenvalue weighted by molar-refractivity contribution is 5.57. The Kier molecular flexibility index (Phi) is 6.98. The summed E-state index contributed by atoms with van der Waals surface area (Å²) in [5.41, 5.74) is 3.56. The van der Waals surface area contributed by atoms with E-state index in [0.717, 1.165) is 61.8 Å². The summed E-state index contributed by atoms with van der Waals surface area (Å²) in [6, 6.07) is 6.45. The average molecular weight is 327 g/mol. The van der Waals surface area contributed by atoms with Gasteiger partial charge in [0.05, 0.1) is 13.2 Å². The van der Waals surface area contributed by atoms with Crippen molar-refractivity contribution >= 4 is 5.69 Å². The number of allylic oxidation sites excluding steroid dienone is 4. The maximum atomic E-state index is 5.77. The molecule has 1 heterocycles. The monoisotopic (exact) mass is 327 g/mol. The topological polar surface area (TPSA) is 21.7 Å². The quantitative estimate of drug-likeness (QED) is 0.370. The molecule has 2 rings (SSSR count). The van der Waals surface area contributed by atoms with Crippen LogP contribution in [0.5, 0.6) is 5.75 Å². The van der Waals surface area contributed by atoms with Gasteiger partial charge in [-0.15, -0.1) is 0 Å². The normalized spacial score (nSPS) is 14.6. The Morgan fingerprint density at radius 1 is 1.38 bits per heavy atom. The van der Waals surface area contributed by atoms with Crippen LogP contribution in [0.4, 0.5) is 5.69 Å². The van der Waals surface area contributed by atoms with Crippen LogP contribution in [-0.4, -0.2) is 20.3 Å². The first kappa shape index (κ1) is 18.2. The lowest BCUT2D eigenvalue weighted by Gasteiger charge is -2.23. The van der Waals surface area contributed by atoms with Crippen LogP contribution < -0.4 is 9.64 Å². The van der Waals surface area contributed by atoms with E-state index in [1.807, 2.05) is 6.08 Å². The lowest BCUT2D eigenvalue weighted by molar-refractivity contribution is 0.219. The maximum absolute atomic E-state index is 5.77. The Balaban J connectivity index is 2.07. The second-order valence-electron chi connectivity index (χ2n) is 6.09. The van der Waals surface area contributed by atoms with Gasteiger partial charge >= 0.3 is 0 Å². The molecule has 1 aliphatic heterocycles. The first-order valence-corrected chi connectivity index (χ1v) is 8.79. The van der Waals surface area contributed by atoms with Gasteiger partial charge in [0.15, 0.2) is 0 Å². The third kappa shape index (κ3) is 4.92. The van der Waals surface area contributed by atoms with Crippen LogP contribution in [-0.2, 0) is 11.2 Å². The SMILES string of the molecule is C=C/C(=C\C=C(/C)N(C)c1ccc2c(c1)OCCC2)OCCCC. The highest BCUT2D eigenvalue weighted by atomic mass is 16.5. The number of rotatable bonds is 8. The zero-order valence-electron chi connectivity index (χ0n) is 15.2. The first-order valence-electron chi connectivity index (χ1n) is 8.79. The number of ether oxygens (including phenoxy) is 2. The number of benzene rings is 1. The molecular formula is C21H29NO2. The summed E-state index contributed by atoms with van der Waals surface area (Å²) in [6.07, 6.45) is 10.2. The van der Waals surface area contributed by atoms with E-state index in [-0.39, 0.29) is 0 Å². The van der Waals surface area contributed by atoms with Crippen LogP contribution in [0.25, 0.3) is 0 Å². The van der Waals surface area contributed by atoms with Crippen molar-refractivity contribution in [3.8, 4) is 5.75 Å². The first-order chi connectivity index (χ1) is 11.7. The predicted octanol–water partition coefficient (Wildman–Crippen LogP) is 5.24. The maximum Gasteiger partial charge on any atom is 0.124 e. The molecule has 3 nitrogen and oxygen atoms in total. The van der Waals surface area contributed by atoms with Gasteiger partial charge in [0, 0.05) is 24.5 Å². The molecule has 0 unspecified atom stereocenters. The van der Waals surface area contributed by atoms with Crippen molar-refractivity contribution in [2.24, 2.45) is 0 Å². The van der Waals surface area contributed by atoms with E-state index < -0.39 is 0 Å². The molecule has 1 aromatic rings. The highest BCUT2D eigenvalue weighted by Crippen LogP contribution is 2.30. The Hall–Kier alpha value is -2.16. The van der Waals surface area contributed by atoms with Crippen molar-refractivity contribution in [3.63, 3.8) is 0 Å². The van der Waals surface area contributed by atoms with Gasteiger partial charge < -0.3 is 14.4 Å². The Morgan fingerprint density at radius 2 is 2.21 bits per heavy atom. The summed E-state index contributed by atoms with van der Waals surface area (Å²) in [7, 11) is 2.07. The molecule has 1 aromatic carbocycles. The summed E-state index contributed by atoms with van der Waals surface area (Å²) >= 11 is 0. The average Bonchev–Trinajstić information content (AvgIpc) is 2.63. The molecule has 1 aliphatic rings. The second-order valence-corrected chi connectivity index (χ2v) is 6.09. The minimum atomic E-state index is 0.735. The zero-order chi connectivity index (χ0) is 17.4. The molecule has 0 fully saturated rings. The van der Waals surface area contributed by atoms with Crippen molar-refractivity contribution in [3.05, 3.63) is 60.0 Å². The third-order valence-electron chi connectivity index (χ3n) is 4.27. The van der Waals surface area contributed by atoms with E-state index in [9.17, 15) is 0 Å². The summed E-state index contributed by atoms with van der Waals surface area (Å²) in [5, 5.41) is 0.